The molecule has 1 N–H and O–H groups in total. The van der Waals surface area contributed by atoms with Crippen molar-refractivity contribution in [2.24, 2.45) is 0 Å². The van der Waals surface area contributed by atoms with E-state index in [1.54, 1.807) is 29.4 Å². The molecule has 0 unspecified atom stereocenters. The van der Waals surface area contributed by atoms with Crippen LogP contribution in [0.15, 0.2) is 41.8 Å². The van der Waals surface area contributed by atoms with Gasteiger partial charge in [-0.05, 0) is 48.2 Å². The van der Waals surface area contributed by atoms with Crippen LogP contribution in [0.4, 0.5) is 9.39 Å². The molecule has 0 spiro atoms. The van der Waals surface area contributed by atoms with Gasteiger partial charge >= 0.3 is 0 Å². The quantitative estimate of drug-likeness (QED) is 0.595. The van der Waals surface area contributed by atoms with Gasteiger partial charge < -0.3 is 10.2 Å². The van der Waals surface area contributed by atoms with Gasteiger partial charge in [0.1, 0.15) is 5.82 Å². The Kier molecular flexibility index (Phi) is 5.94. The van der Waals surface area contributed by atoms with E-state index in [9.17, 15) is 14.0 Å². The minimum absolute atomic E-state index is 0.0350. The highest BCUT2D eigenvalue weighted by molar-refractivity contribution is 7.18. The van der Waals surface area contributed by atoms with Gasteiger partial charge in [-0.25, -0.2) is 4.39 Å². The predicted molar refractivity (Wildman–Crippen MR) is 109 cm³/mol. The van der Waals surface area contributed by atoms with Gasteiger partial charge in [-0.1, -0.05) is 17.7 Å². The standard InChI is InChI=1S/C19H16ClFN2O2S2/c1-11-8-16(22-18(24)14-6-5-12(21)9-15(14)20)27-17(11)19(25)23(2)10-13-4-3-7-26-13/h3-9H,10H2,1-2H3,(H,22,24). The molecule has 0 aliphatic rings. The first kappa shape index (κ1) is 19.5. The number of aryl methyl sites for hydroxylation is 1. The summed E-state index contributed by atoms with van der Waals surface area (Å²) < 4.78 is 13.1. The Morgan fingerprint density at radius 2 is 2.04 bits per heavy atom. The number of rotatable bonds is 5. The molecule has 27 heavy (non-hydrogen) atoms. The van der Waals surface area contributed by atoms with Gasteiger partial charge in [0.15, 0.2) is 0 Å². The smallest absolute Gasteiger partial charge is 0.264 e. The molecule has 0 fully saturated rings. The van der Waals surface area contributed by atoms with E-state index in [4.69, 9.17) is 11.6 Å². The summed E-state index contributed by atoms with van der Waals surface area (Å²) in [6, 6.07) is 9.26. The zero-order valence-electron chi connectivity index (χ0n) is 14.6. The van der Waals surface area contributed by atoms with Crippen molar-refractivity contribution >= 4 is 51.1 Å². The first-order chi connectivity index (χ1) is 12.8. The van der Waals surface area contributed by atoms with E-state index >= 15 is 0 Å². The van der Waals surface area contributed by atoms with Crippen LogP contribution >= 0.6 is 34.3 Å². The van der Waals surface area contributed by atoms with Crippen LogP contribution in [0.2, 0.25) is 5.02 Å². The van der Waals surface area contributed by atoms with Crippen molar-refractivity contribution in [3.63, 3.8) is 0 Å². The molecule has 0 atom stereocenters. The molecule has 4 nitrogen and oxygen atoms in total. The van der Waals surface area contributed by atoms with E-state index < -0.39 is 11.7 Å². The third-order valence-electron chi connectivity index (χ3n) is 3.84. The van der Waals surface area contributed by atoms with Gasteiger partial charge in [0.25, 0.3) is 11.8 Å². The number of thiophene rings is 2. The third-order valence-corrected chi connectivity index (χ3v) is 6.16. The maximum atomic E-state index is 13.1. The molecule has 2 aromatic heterocycles. The Morgan fingerprint density at radius 3 is 2.70 bits per heavy atom. The second-order valence-electron chi connectivity index (χ2n) is 5.94. The highest BCUT2D eigenvalue weighted by Crippen LogP contribution is 2.29. The molecule has 0 bridgehead atoms. The highest BCUT2D eigenvalue weighted by Gasteiger charge is 2.20. The Labute approximate surface area is 169 Å². The predicted octanol–water partition coefficient (Wildman–Crippen LogP) is 5.44. The molecule has 3 rings (SSSR count). The minimum Gasteiger partial charge on any atom is -0.336 e. The van der Waals surface area contributed by atoms with E-state index in [2.05, 4.69) is 5.32 Å². The van der Waals surface area contributed by atoms with Gasteiger partial charge in [0, 0.05) is 11.9 Å². The van der Waals surface area contributed by atoms with Crippen LogP contribution in [0.1, 0.15) is 30.5 Å². The summed E-state index contributed by atoms with van der Waals surface area (Å²) >= 11 is 8.73. The van der Waals surface area contributed by atoms with Crippen molar-refractivity contribution in [3.05, 3.63) is 73.5 Å². The topological polar surface area (TPSA) is 49.4 Å². The van der Waals surface area contributed by atoms with E-state index in [0.29, 0.717) is 16.4 Å². The van der Waals surface area contributed by atoms with E-state index in [1.807, 2.05) is 24.4 Å². The van der Waals surface area contributed by atoms with E-state index in [0.717, 1.165) is 16.5 Å². The maximum Gasteiger partial charge on any atom is 0.264 e. The van der Waals surface area contributed by atoms with Crippen molar-refractivity contribution in [1.29, 1.82) is 0 Å². The van der Waals surface area contributed by atoms with Gasteiger partial charge in [-0.2, -0.15) is 0 Å². The lowest BCUT2D eigenvalue weighted by molar-refractivity contribution is 0.0790. The Balaban J connectivity index is 1.73. The van der Waals surface area contributed by atoms with Gasteiger partial charge in [0.05, 0.1) is 27.0 Å². The molecule has 2 amide bonds. The van der Waals surface area contributed by atoms with Crippen molar-refractivity contribution in [3.8, 4) is 0 Å². The van der Waals surface area contributed by atoms with Crippen molar-refractivity contribution in [2.45, 2.75) is 13.5 Å². The largest absolute Gasteiger partial charge is 0.336 e. The van der Waals surface area contributed by atoms with Gasteiger partial charge in [-0.3, -0.25) is 9.59 Å². The van der Waals surface area contributed by atoms with E-state index in [-0.39, 0.29) is 16.5 Å². The fourth-order valence-corrected chi connectivity index (χ4v) is 4.56. The van der Waals surface area contributed by atoms with Crippen molar-refractivity contribution in [1.82, 2.24) is 4.90 Å². The summed E-state index contributed by atoms with van der Waals surface area (Å²) in [5.74, 6) is -1.07. The number of hydrogen-bond donors (Lipinski definition) is 1. The Morgan fingerprint density at radius 1 is 1.26 bits per heavy atom. The van der Waals surface area contributed by atoms with Crippen LogP contribution in [0.5, 0.6) is 0 Å². The molecule has 0 saturated heterocycles. The zero-order chi connectivity index (χ0) is 19.6. The van der Waals surface area contributed by atoms with E-state index in [1.165, 1.54) is 23.5 Å². The molecular formula is C19H16ClFN2O2S2. The first-order valence-corrected chi connectivity index (χ1v) is 10.1. The average Bonchev–Trinajstić information content (AvgIpc) is 3.23. The molecule has 0 saturated carbocycles. The third kappa shape index (κ3) is 4.55. The minimum atomic E-state index is -0.509. The summed E-state index contributed by atoms with van der Waals surface area (Å²) in [7, 11) is 1.75. The molecule has 0 radical (unpaired) electrons. The molecule has 0 aliphatic heterocycles. The highest BCUT2D eigenvalue weighted by atomic mass is 35.5. The maximum absolute atomic E-state index is 13.1. The lowest BCUT2D eigenvalue weighted by Gasteiger charge is -2.15. The van der Waals surface area contributed by atoms with Crippen LogP contribution in [-0.2, 0) is 6.54 Å². The van der Waals surface area contributed by atoms with Crippen molar-refractivity contribution < 1.29 is 14.0 Å². The van der Waals surface area contributed by atoms with Crippen LogP contribution in [0, 0.1) is 12.7 Å². The molecule has 3 aromatic rings. The zero-order valence-corrected chi connectivity index (χ0v) is 17.0. The molecular weight excluding hydrogens is 407 g/mol. The van der Waals surface area contributed by atoms with Gasteiger partial charge in [0.2, 0.25) is 0 Å². The number of benzene rings is 1. The second-order valence-corrected chi connectivity index (χ2v) is 8.43. The monoisotopic (exact) mass is 422 g/mol. The molecule has 0 aliphatic carbocycles. The number of amides is 2. The number of nitrogens with zero attached hydrogens (tertiary/aromatic N) is 1. The molecule has 8 heteroatoms. The second kappa shape index (κ2) is 8.21. The molecule has 140 valence electrons. The van der Waals surface area contributed by atoms with Crippen LogP contribution in [-0.4, -0.2) is 23.8 Å². The number of anilines is 1. The fraction of sp³-hybridized carbons (Fsp3) is 0.158. The number of carbonyl (C=O) groups is 2. The lowest BCUT2D eigenvalue weighted by Crippen LogP contribution is -2.25. The summed E-state index contributed by atoms with van der Waals surface area (Å²) in [6.45, 7) is 2.35. The molecule has 2 heterocycles. The Bertz CT molecular complexity index is 986. The Hall–Kier alpha value is -2.22. The lowest BCUT2D eigenvalue weighted by atomic mass is 10.2. The summed E-state index contributed by atoms with van der Waals surface area (Å²) in [6.07, 6.45) is 0. The van der Waals surface area contributed by atoms with Crippen molar-refractivity contribution in [2.75, 3.05) is 12.4 Å². The number of nitrogens with one attached hydrogen (secondary N) is 1. The van der Waals surface area contributed by atoms with Crippen LogP contribution < -0.4 is 5.32 Å². The number of carbonyl (C=O) groups excluding carboxylic acids is 2. The first-order valence-electron chi connectivity index (χ1n) is 8.00. The van der Waals surface area contributed by atoms with Crippen LogP contribution in [0.3, 0.4) is 0 Å². The number of hydrogen-bond acceptors (Lipinski definition) is 4. The average molecular weight is 423 g/mol. The number of halogens is 2. The summed E-state index contributed by atoms with van der Waals surface area (Å²) in [4.78, 5) is 28.4. The summed E-state index contributed by atoms with van der Waals surface area (Å²) in [5.41, 5.74) is 0.954. The summed E-state index contributed by atoms with van der Waals surface area (Å²) in [5, 5.41) is 5.26. The fourth-order valence-electron chi connectivity index (χ4n) is 2.49. The van der Waals surface area contributed by atoms with Gasteiger partial charge in [-0.15, -0.1) is 22.7 Å². The van der Waals surface area contributed by atoms with Crippen LogP contribution in [0.25, 0.3) is 0 Å². The normalized spacial score (nSPS) is 10.7. The SMILES string of the molecule is Cc1cc(NC(=O)c2ccc(F)cc2Cl)sc1C(=O)N(C)Cc1cccs1. The molecule has 1 aromatic carbocycles.